The second-order valence-corrected chi connectivity index (χ2v) is 6.27. The summed E-state index contributed by atoms with van der Waals surface area (Å²) in [5.41, 5.74) is 2.33. The molecular weight excluding hydrogens is 328 g/mol. The molecule has 2 N–H and O–H groups in total. The maximum Gasteiger partial charge on any atom is 0.261 e. The van der Waals surface area contributed by atoms with E-state index in [4.69, 9.17) is 4.74 Å². The Morgan fingerprint density at radius 1 is 1.00 bits per heavy atom. The Kier molecular flexibility index (Phi) is 4.27. The SMILES string of the molecule is O=C(N[C@@H]1COc2ccccc2C1)c1ccc(-c2ccccc2)[nH]c1=O. The third-order valence-electron chi connectivity index (χ3n) is 4.45. The van der Waals surface area contributed by atoms with Gasteiger partial charge in [0.25, 0.3) is 11.5 Å². The van der Waals surface area contributed by atoms with E-state index < -0.39 is 5.56 Å². The summed E-state index contributed by atoms with van der Waals surface area (Å²) in [5, 5.41) is 2.89. The Balaban J connectivity index is 1.50. The van der Waals surface area contributed by atoms with Crippen LogP contribution < -0.4 is 15.6 Å². The highest BCUT2D eigenvalue weighted by Gasteiger charge is 2.22. The van der Waals surface area contributed by atoms with Crippen LogP contribution in [0.25, 0.3) is 11.3 Å². The van der Waals surface area contributed by atoms with Crippen molar-refractivity contribution in [3.05, 3.63) is 88.2 Å². The van der Waals surface area contributed by atoms with Gasteiger partial charge in [0.05, 0.1) is 6.04 Å². The Labute approximate surface area is 150 Å². The summed E-state index contributed by atoms with van der Waals surface area (Å²) >= 11 is 0. The smallest absolute Gasteiger partial charge is 0.261 e. The van der Waals surface area contributed by atoms with Crippen LogP contribution in [0.5, 0.6) is 5.75 Å². The van der Waals surface area contributed by atoms with Gasteiger partial charge in [-0.05, 0) is 35.7 Å². The average molecular weight is 346 g/mol. The van der Waals surface area contributed by atoms with E-state index in [2.05, 4.69) is 10.3 Å². The number of hydrogen-bond acceptors (Lipinski definition) is 3. The maximum atomic E-state index is 12.5. The van der Waals surface area contributed by atoms with Crippen molar-refractivity contribution in [3.63, 3.8) is 0 Å². The standard InChI is InChI=1S/C21H18N2O3/c24-20(22-16-12-15-8-4-5-9-19(15)26-13-16)17-10-11-18(23-21(17)25)14-6-2-1-3-7-14/h1-11,16H,12-13H2,(H,22,24)(H,23,25)/t16-/m0/s1. The first kappa shape index (κ1) is 16.1. The van der Waals surface area contributed by atoms with Crippen LogP contribution in [0.2, 0.25) is 0 Å². The summed E-state index contributed by atoms with van der Waals surface area (Å²) in [6, 6.07) is 20.4. The molecule has 1 amide bonds. The van der Waals surface area contributed by atoms with Crippen LogP contribution in [-0.4, -0.2) is 23.5 Å². The van der Waals surface area contributed by atoms with Crippen molar-refractivity contribution < 1.29 is 9.53 Å². The number of aromatic nitrogens is 1. The van der Waals surface area contributed by atoms with E-state index in [1.807, 2.05) is 54.6 Å². The molecule has 0 radical (unpaired) electrons. The molecule has 3 aromatic rings. The van der Waals surface area contributed by atoms with Gasteiger partial charge < -0.3 is 15.0 Å². The number of carbonyl (C=O) groups excluding carboxylic acids is 1. The van der Waals surface area contributed by atoms with E-state index in [9.17, 15) is 9.59 Å². The monoisotopic (exact) mass is 346 g/mol. The minimum absolute atomic E-state index is 0.100. The molecule has 0 unspecified atom stereocenters. The van der Waals surface area contributed by atoms with Crippen molar-refractivity contribution in [1.82, 2.24) is 10.3 Å². The molecule has 1 aromatic heterocycles. The zero-order valence-electron chi connectivity index (χ0n) is 14.1. The van der Waals surface area contributed by atoms with Crippen LogP contribution in [-0.2, 0) is 6.42 Å². The number of para-hydroxylation sites is 1. The molecule has 0 spiro atoms. The molecule has 5 heteroatoms. The van der Waals surface area contributed by atoms with Crippen LogP contribution in [0.4, 0.5) is 0 Å². The van der Waals surface area contributed by atoms with Gasteiger partial charge in [0.15, 0.2) is 0 Å². The van der Waals surface area contributed by atoms with Crippen LogP contribution in [0.3, 0.4) is 0 Å². The summed E-state index contributed by atoms with van der Waals surface area (Å²) in [6.07, 6.45) is 0.682. The summed E-state index contributed by atoms with van der Waals surface area (Å²) in [7, 11) is 0. The highest BCUT2D eigenvalue weighted by Crippen LogP contribution is 2.24. The predicted octanol–water partition coefficient (Wildman–Crippen LogP) is 2.78. The van der Waals surface area contributed by atoms with E-state index in [-0.39, 0.29) is 17.5 Å². The minimum atomic E-state index is -0.402. The molecule has 0 saturated heterocycles. The molecule has 0 aliphatic carbocycles. The molecule has 1 aliphatic rings. The number of pyridine rings is 1. The Morgan fingerprint density at radius 2 is 1.77 bits per heavy atom. The largest absolute Gasteiger partial charge is 0.491 e. The number of hydrogen-bond donors (Lipinski definition) is 2. The Hall–Kier alpha value is -3.34. The van der Waals surface area contributed by atoms with Gasteiger partial charge in [-0.1, -0.05) is 48.5 Å². The van der Waals surface area contributed by atoms with Gasteiger partial charge in [-0.3, -0.25) is 9.59 Å². The average Bonchev–Trinajstić information content (AvgIpc) is 2.68. The molecule has 130 valence electrons. The first-order valence-electron chi connectivity index (χ1n) is 8.51. The van der Waals surface area contributed by atoms with Gasteiger partial charge in [0.1, 0.15) is 17.9 Å². The minimum Gasteiger partial charge on any atom is -0.491 e. The molecule has 1 atom stereocenters. The van der Waals surface area contributed by atoms with Crippen molar-refractivity contribution in [2.24, 2.45) is 0 Å². The second kappa shape index (κ2) is 6.88. The zero-order chi connectivity index (χ0) is 17.9. The lowest BCUT2D eigenvalue weighted by molar-refractivity contribution is 0.0914. The van der Waals surface area contributed by atoms with Crippen molar-refractivity contribution in [2.45, 2.75) is 12.5 Å². The number of aromatic amines is 1. The van der Waals surface area contributed by atoms with E-state index in [1.54, 1.807) is 12.1 Å². The number of H-pyrrole nitrogens is 1. The molecule has 5 nitrogen and oxygen atoms in total. The topological polar surface area (TPSA) is 71.2 Å². The first-order chi connectivity index (χ1) is 12.7. The number of carbonyl (C=O) groups is 1. The first-order valence-corrected chi connectivity index (χ1v) is 8.51. The summed E-state index contributed by atoms with van der Waals surface area (Å²) in [6.45, 7) is 0.392. The highest BCUT2D eigenvalue weighted by molar-refractivity contribution is 5.94. The van der Waals surface area contributed by atoms with Gasteiger partial charge in [-0.25, -0.2) is 0 Å². The third kappa shape index (κ3) is 3.24. The summed E-state index contributed by atoms with van der Waals surface area (Å²) in [5.74, 6) is 0.460. The lowest BCUT2D eigenvalue weighted by Gasteiger charge is -2.25. The number of fused-ring (bicyclic) bond motifs is 1. The number of amides is 1. The quantitative estimate of drug-likeness (QED) is 0.766. The van der Waals surface area contributed by atoms with Crippen molar-refractivity contribution in [1.29, 1.82) is 0 Å². The lowest BCUT2D eigenvalue weighted by atomic mass is 10.0. The van der Waals surface area contributed by atoms with Gasteiger partial charge >= 0.3 is 0 Å². The van der Waals surface area contributed by atoms with Gasteiger partial charge in [0.2, 0.25) is 0 Å². The molecule has 0 fully saturated rings. The summed E-state index contributed by atoms with van der Waals surface area (Å²) < 4.78 is 5.68. The van der Waals surface area contributed by atoms with Crippen molar-refractivity contribution in [2.75, 3.05) is 6.61 Å². The molecule has 1 aliphatic heterocycles. The third-order valence-corrected chi connectivity index (χ3v) is 4.45. The van der Waals surface area contributed by atoms with Gasteiger partial charge in [-0.15, -0.1) is 0 Å². The van der Waals surface area contributed by atoms with E-state index >= 15 is 0 Å². The summed E-state index contributed by atoms with van der Waals surface area (Å²) in [4.78, 5) is 27.6. The Bertz CT molecular complexity index is 995. The fraction of sp³-hybridized carbons (Fsp3) is 0.143. The fourth-order valence-electron chi connectivity index (χ4n) is 3.12. The predicted molar refractivity (Wildman–Crippen MR) is 99.4 cm³/mol. The molecule has 2 aromatic carbocycles. The van der Waals surface area contributed by atoms with Crippen LogP contribution >= 0.6 is 0 Å². The van der Waals surface area contributed by atoms with Gasteiger partial charge in [0, 0.05) is 5.69 Å². The molecule has 0 bridgehead atoms. The van der Waals surface area contributed by atoms with Crippen molar-refractivity contribution >= 4 is 5.91 Å². The molecule has 2 heterocycles. The lowest BCUT2D eigenvalue weighted by Crippen LogP contribution is -2.44. The van der Waals surface area contributed by atoms with Crippen LogP contribution in [0.1, 0.15) is 15.9 Å². The van der Waals surface area contributed by atoms with Crippen molar-refractivity contribution in [3.8, 4) is 17.0 Å². The normalized spacial score (nSPS) is 15.6. The number of benzene rings is 2. The second-order valence-electron chi connectivity index (χ2n) is 6.27. The zero-order valence-corrected chi connectivity index (χ0v) is 14.1. The Morgan fingerprint density at radius 3 is 2.58 bits per heavy atom. The van der Waals surface area contributed by atoms with Crippen LogP contribution in [0, 0.1) is 0 Å². The van der Waals surface area contributed by atoms with Gasteiger partial charge in [-0.2, -0.15) is 0 Å². The number of nitrogens with one attached hydrogen (secondary N) is 2. The molecule has 0 saturated carbocycles. The van der Waals surface area contributed by atoms with E-state index in [1.165, 1.54) is 0 Å². The molecular formula is C21H18N2O3. The van der Waals surface area contributed by atoms with E-state index in [0.29, 0.717) is 18.7 Å². The fourth-order valence-corrected chi connectivity index (χ4v) is 3.12. The number of rotatable bonds is 3. The van der Waals surface area contributed by atoms with E-state index in [0.717, 1.165) is 16.9 Å². The highest BCUT2D eigenvalue weighted by atomic mass is 16.5. The molecule has 4 rings (SSSR count). The number of ether oxygens (including phenoxy) is 1. The molecule has 26 heavy (non-hydrogen) atoms. The van der Waals surface area contributed by atoms with Crippen LogP contribution in [0.15, 0.2) is 71.5 Å². The maximum absolute atomic E-state index is 12.5.